The van der Waals surface area contributed by atoms with Crippen LogP contribution in [0.25, 0.3) is 0 Å². The van der Waals surface area contributed by atoms with Gasteiger partial charge in [0.1, 0.15) is 23.0 Å². The van der Waals surface area contributed by atoms with Crippen molar-refractivity contribution in [1.82, 2.24) is 24.5 Å². The van der Waals surface area contributed by atoms with E-state index in [2.05, 4.69) is 20.8 Å². The molecule has 1 fully saturated rings. The number of carbonyl (C=O) groups excluding carboxylic acids is 1. The second-order valence-electron chi connectivity index (χ2n) is 7.81. The lowest BCUT2D eigenvalue weighted by atomic mass is 10.1. The fourth-order valence-electron chi connectivity index (χ4n) is 3.88. The Bertz CT molecular complexity index is 1180. The first-order valence-corrected chi connectivity index (χ1v) is 12.2. The molecule has 0 saturated carbocycles. The van der Waals surface area contributed by atoms with E-state index in [0.717, 1.165) is 24.8 Å². The first-order valence-electron chi connectivity index (χ1n) is 10.7. The Hall–Kier alpha value is -3.31. The van der Waals surface area contributed by atoms with Gasteiger partial charge in [0.2, 0.25) is 15.9 Å². The van der Waals surface area contributed by atoms with Gasteiger partial charge in [-0.2, -0.15) is 4.31 Å². The zero-order valence-electron chi connectivity index (χ0n) is 18.3. The molecule has 1 N–H and O–H groups in total. The summed E-state index contributed by atoms with van der Waals surface area (Å²) < 4.78 is 34.7. The molecular formula is C22H26N6O4S. The standard InChI is InChI=1S/C22H26N6O4S/c1-32-20-11-10-18(15-21(20)33(30,31)27-12-6-3-7-13-27)24-22(29)19(28-16-23-25-26-28)14-17-8-4-2-5-9-17/h2,4-5,8-11,15-16,19H,3,6-7,12-14H2,1H3,(H,24,29)/t19-/m0/s1. The molecule has 1 saturated heterocycles. The number of piperidine rings is 1. The number of hydrogen-bond donors (Lipinski definition) is 1. The van der Waals surface area contributed by atoms with Gasteiger partial charge in [-0.3, -0.25) is 4.79 Å². The summed E-state index contributed by atoms with van der Waals surface area (Å²) >= 11 is 0. The number of hydrogen-bond acceptors (Lipinski definition) is 7. The number of nitrogens with one attached hydrogen (secondary N) is 1. The quantitative estimate of drug-likeness (QED) is 0.536. The fourth-order valence-corrected chi connectivity index (χ4v) is 5.58. The van der Waals surface area contributed by atoms with Crippen molar-refractivity contribution < 1.29 is 17.9 Å². The molecule has 0 radical (unpaired) electrons. The number of sulfonamides is 1. The van der Waals surface area contributed by atoms with Crippen molar-refractivity contribution in [3.63, 3.8) is 0 Å². The molecule has 2 aromatic carbocycles. The molecular weight excluding hydrogens is 444 g/mol. The summed E-state index contributed by atoms with van der Waals surface area (Å²) in [5, 5.41) is 14.0. The van der Waals surface area contributed by atoms with Crippen LogP contribution in [0.15, 0.2) is 59.8 Å². The molecule has 33 heavy (non-hydrogen) atoms. The van der Waals surface area contributed by atoms with E-state index >= 15 is 0 Å². The molecule has 1 aromatic heterocycles. The van der Waals surface area contributed by atoms with Gasteiger partial charge in [0.05, 0.1) is 7.11 Å². The Morgan fingerprint density at radius 2 is 1.88 bits per heavy atom. The van der Waals surface area contributed by atoms with Crippen LogP contribution in [0.5, 0.6) is 5.75 Å². The summed E-state index contributed by atoms with van der Waals surface area (Å²) in [7, 11) is -2.33. The molecule has 0 spiro atoms. The molecule has 11 heteroatoms. The normalized spacial score (nSPS) is 15.7. The Balaban J connectivity index is 1.60. The van der Waals surface area contributed by atoms with E-state index < -0.39 is 16.1 Å². The SMILES string of the molecule is COc1ccc(NC(=O)[C@H](Cc2ccccc2)n2cnnn2)cc1S(=O)(=O)N1CCCCC1. The monoisotopic (exact) mass is 470 g/mol. The largest absolute Gasteiger partial charge is 0.495 e. The fraction of sp³-hybridized carbons (Fsp3) is 0.364. The van der Waals surface area contributed by atoms with E-state index in [0.29, 0.717) is 25.2 Å². The number of ether oxygens (including phenoxy) is 1. The number of tetrazole rings is 1. The van der Waals surface area contributed by atoms with Crippen molar-refractivity contribution in [2.75, 3.05) is 25.5 Å². The molecule has 1 aliphatic rings. The topological polar surface area (TPSA) is 119 Å². The van der Waals surface area contributed by atoms with Gasteiger partial charge in [-0.05, 0) is 47.0 Å². The summed E-state index contributed by atoms with van der Waals surface area (Å²) in [4.78, 5) is 13.2. The van der Waals surface area contributed by atoms with Crippen molar-refractivity contribution in [3.8, 4) is 5.75 Å². The van der Waals surface area contributed by atoms with Crippen LogP contribution in [0.1, 0.15) is 30.9 Å². The van der Waals surface area contributed by atoms with Crippen LogP contribution in [-0.2, 0) is 21.2 Å². The second kappa shape index (κ2) is 10.1. The second-order valence-corrected chi connectivity index (χ2v) is 9.72. The minimum Gasteiger partial charge on any atom is -0.495 e. The molecule has 1 amide bonds. The van der Waals surface area contributed by atoms with Gasteiger partial charge in [-0.1, -0.05) is 36.8 Å². The Morgan fingerprint density at radius 1 is 1.12 bits per heavy atom. The summed E-state index contributed by atoms with van der Waals surface area (Å²) in [6, 6.07) is 13.4. The first-order chi connectivity index (χ1) is 16.0. The van der Waals surface area contributed by atoms with Gasteiger partial charge in [0, 0.05) is 25.2 Å². The maximum Gasteiger partial charge on any atom is 0.249 e. The van der Waals surface area contributed by atoms with Crippen molar-refractivity contribution in [1.29, 1.82) is 0 Å². The lowest BCUT2D eigenvalue weighted by Gasteiger charge is -2.26. The number of amides is 1. The molecule has 1 atom stereocenters. The number of rotatable bonds is 8. The molecule has 2 heterocycles. The van der Waals surface area contributed by atoms with Crippen LogP contribution in [0, 0.1) is 0 Å². The zero-order chi connectivity index (χ0) is 23.3. The van der Waals surface area contributed by atoms with Crippen molar-refractivity contribution >= 4 is 21.6 Å². The van der Waals surface area contributed by atoms with Crippen LogP contribution >= 0.6 is 0 Å². The van der Waals surface area contributed by atoms with Gasteiger partial charge < -0.3 is 10.1 Å². The Morgan fingerprint density at radius 3 is 2.55 bits per heavy atom. The third kappa shape index (κ3) is 5.20. The number of anilines is 1. The van der Waals surface area contributed by atoms with Crippen molar-refractivity contribution in [3.05, 3.63) is 60.4 Å². The van der Waals surface area contributed by atoms with E-state index in [1.165, 1.54) is 28.5 Å². The molecule has 10 nitrogen and oxygen atoms in total. The van der Waals surface area contributed by atoms with Crippen LogP contribution < -0.4 is 10.1 Å². The lowest BCUT2D eigenvalue weighted by molar-refractivity contribution is -0.119. The molecule has 0 bridgehead atoms. The van der Waals surface area contributed by atoms with E-state index in [-0.39, 0.29) is 16.6 Å². The maximum atomic E-state index is 13.3. The molecule has 0 unspecified atom stereocenters. The highest BCUT2D eigenvalue weighted by Gasteiger charge is 2.30. The van der Waals surface area contributed by atoms with Gasteiger partial charge in [-0.25, -0.2) is 13.1 Å². The highest BCUT2D eigenvalue weighted by molar-refractivity contribution is 7.89. The molecule has 1 aliphatic heterocycles. The van der Waals surface area contributed by atoms with Crippen LogP contribution in [0.2, 0.25) is 0 Å². The summed E-state index contributed by atoms with van der Waals surface area (Å²) in [5.74, 6) is -0.127. The van der Waals surface area contributed by atoms with Gasteiger partial charge >= 0.3 is 0 Å². The third-order valence-electron chi connectivity index (χ3n) is 5.62. The average molecular weight is 471 g/mol. The summed E-state index contributed by atoms with van der Waals surface area (Å²) in [5.41, 5.74) is 1.29. The van der Waals surface area contributed by atoms with Crippen LogP contribution in [0.3, 0.4) is 0 Å². The van der Waals surface area contributed by atoms with Crippen molar-refractivity contribution in [2.24, 2.45) is 0 Å². The zero-order valence-corrected chi connectivity index (χ0v) is 19.1. The Kier molecular flexibility index (Phi) is 6.99. The Labute approximate surface area is 192 Å². The highest BCUT2D eigenvalue weighted by atomic mass is 32.2. The summed E-state index contributed by atoms with van der Waals surface area (Å²) in [6.07, 6.45) is 4.41. The van der Waals surface area contributed by atoms with E-state index in [9.17, 15) is 13.2 Å². The molecule has 174 valence electrons. The highest BCUT2D eigenvalue weighted by Crippen LogP contribution is 2.31. The third-order valence-corrected chi connectivity index (χ3v) is 7.54. The van der Waals surface area contributed by atoms with Gasteiger partial charge in [0.15, 0.2) is 0 Å². The van der Waals surface area contributed by atoms with Gasteiger partial charge in [-0.15, -0.1) is 5.10 Å². The minimum atomic E-state index is -3.76. The van der Waals surface area contributed by atoms with E-state index in [4.69, 9.17) is 4.74 Å². The predicted molar refractivity (Wildman–Crippen MR) is 121 cm³/mol. The van der Waals surface area contributed by atoms with Gasteiger partial charge in [0.25, 0.3) is 0 Å². The first kappa shape index (κ1) is 22.9. The number of benzene rings is 2. The van der Waals surface area contributed by atoms with Crippen LogP contribution in [-0.4, -0.2) is 59.0 Å². The van der Waals surface area contributed by atoms with E-state index in [1.54, 1.807) is 12.1 Å². The lowest BCUT2D eigenvalue weighted by Crippen LogP contribution is -2.35. The molecule has 3 aromatic rings. The number of methoxy groups -OCH3 is 1. The number of nitrogens with zero attached hydrogens (tertiary/aromatic N) is 5. The molecule has 4 rings (SSSR count). The molecule has 0 aliphatic carbocycles. The number of aromatic nitrogens is 4. The summed E-state index contributed by atoms with van der Waals surface area (Å²) in [6.45, 7) is 0.945. The minimum absolute atomic E-state index is 0.0340. The van der Waals surface area contributed by atoms with E-state index in [1.807, 2.05) is 30.3 Å². The van der Waals surface area contributed by atoms with Crippen LogP contribution in [0.4, 0.5) is 5.69 Å². The predicted octanol–water partition coefficient (Wildman–Crippen LogP) is 2.28. The number of carbonyl (C=O) groups is 1. The average Bonchev–Trinajstić information content (AvgIpc) is 3.38. The van der Waals surface area contributed by atoms with Crippen molar-refractivity contribution in [2.45, 2.75) is 36.6 Å². The maximum absolute atomic E-state index is 13.3. The smallest absolute Gasteiger partial charge is 0.249 e.